The number of hydrogen-bond donors (Lipinski definition) is 2. The molecule has 1 heterocycles. The van der Waals surface area contributed by atoms with E-state index in [2.05, 4.69) is 5.32 Å². The lowest BCUT2D eigenvalue weighted by Crippen LogP contribution is -2.12. The molecule has 21 heavy (non-hydrogen) atoms. The minimum absolute atomic E-state index is 0.0335. The van der Waals surface area contributed by atoms with Gasteiger partial charge >= 0.3 is 5.97 Å². The summed E-state index contributed by atoms with van der Waals surface area (Å²) in [5, 5.41) is 11.3. The van der Waals surface area contributed by atoms with E-state index in [0.29, 0.717) is 5.69 Å². The van der Waals surface area contributed by atoms with Crippen LogP contribution in [0.25, 0.3) is 6.08 Å². The number of anilines is 1. The van der Waals surface area contributed by atoms with Crippen LogP contribution in [0.4, 0.5) is 5.69 Å². The predicted molar refractivity (Wildman–Crippen MR) is 79.5 cm³/mol. The van der Waals surface area contributed by atoms with Gasteiger partial charge in [-0.05, 0) is 53.9 Å². The molecule has 2 rings (SSSR count). The van der Waals surface area contributed by atoms with Crippen LogP contribution in [0.5, 0.6) is 0 Å². The third-order valence-corrected chi connectivity index (χ3v) is 3.07. The van der Waals surface area contributed by atoms with Crippen molar-refractivity contribution in [1.82, 2.24) is 0 Å². The lowest BCUT2D eigenvalue weighted by atomic mass is 10.1. The Balaban J connectivity index is 2.16. The number of aliphatic carboxylic acids is 1. The smallest absolute Gasteiger partial charge is 0.328 e. The monoisotopic (exact) mass is 305 g/mol. The Hall–Kier alpha value is -2.53. The Morgan fingerprint density at radius 2 is 2.10 bits per heavy atom. The Kier molecular flexibility index (Phi) is 4.45. The number of furan rings is 1. The molecule has 0 aliphatic rings. The van der Waals surface area contributed by atoms with Crippen molar-refractivity contribution in [3.63, 3.8) is 0 Å². The van der Waals surface area contributed by atoms with E-state index < -0.39 is 5.97 Å². The number of amides is 1. The third-order valence-electron chi connectivity index (χ3n) is 2.78. The highest BCUT2D eigenvalue weighted by molar-refractivity contribution is 6.32. The molecular weight excluding hydrogens is 294 g/mol. The first-order valence-corrected chi connectivity index (χ1v) is 6.41. The number of rotatable bonds is 4. The summed E-state index contributed by atoms with van der Waals surface area (Å²) < 4.78 is 4.87. The molecule has 6 heteroatoms. The van der Waals surface area contributed by atoms with Crippen LogP contribution in [-0.4, -0.2) is 17.0 Å². The summed E-state index contributed by atoms with van der Waals surface area (Å²) in [5.74, 6) is -1.38. The normalized spacial score (nSPS) is 10.8. The van der Waals surface area contributed by atoms with Crippen molar-refractivity contribution in [2.75, 3.05) is 5.32 Å². The van der Waals surface area contributed by atoms with E-state index in [4.69, 9.17) is 21.1 Å². The van der Waals surface area contributed by atoms with E-state index in [1.807, 2.05) is 6.92 Å². The van der Waals surface area contributed by atoms with Crippen LogP contribution in [0.15, 0.2) is 41.0 Å². The van der Waals surface area contributed by atoms with Crippen molar-refractivity contribution < 1.29 is 19.1 Å². The maximum absolute atomic E-state index is 12.0. The van der Waals surface area contributed by atoms with E-state index in [1.54, 1.807) is 18.2 Å². The van der Waals surface area contributed by atoms with Crippen molar-refractivity contribution in [2.45, 2.75) is 6.92 Å². The van der Waals surface area contributed by atoms with Gasteiger partial charge in [0.05, 0.1) is 11.8 Å². The SMILES string of the molecule is Cc1cc(/C=C/C(=O)O)ccc1NC(=O)c1ccoc1Cl. The zero-order chi connectivity index (χ0) is 15.4. The summed E-state index contributed by atoms with van der Waals surface area (Å²) in [6.07, 6.45) is 3.87. The van der Waals surface area contributed by atoms with Crippen molar-refractivity contribution >= 4 is 35.2 Å². The van der Waals surface area contributed by atoms with Gasteiger partial charge in [-0.1, -0.05) is 6.07 Å². The van der Waals surface area contributed by atoms with Crippen LogP contribution in [0, 0.1) is 6.92 Å². The average molecular weight is 306 g/mol. The van der Waals surface area contributed by atoms with E-state index in [1.165, 1.54) is 18.4 Å². The maximum atomic E-state index is 12.0. The van der Waals surface area contributed by atoms with Crippen molar-refractivity contribution in [3.05, 3.63) is 58.5 Å². The molecule has 0 bridgehead atoms. The summed E-state index contributed by atoms with van der Waals surface area (Å²) >= 11 is 5.74. The summed E-state index contributed by atoms with van der Waals surface area (Å²) in [6.45, 7) is 1.81. The number of aryl methyl sites for hydroxylation is 1. The molecule has 1 amide bonds. The quantitative estimate of drug-likeness (QED) is 0.846. The summed E-state index contributed by atoms with van der Waals surface area (Å²) in [6, 6.07) is 6.66. The fraction of sp³-hybridized carbons (Fsp3) is 0.0667. The van der Waals surface area contributed by atoms with Crippen LogP contribution in [0.3, 0.4) is 0 Å². The van der Waals surface area contributed by atoms with Crippen molar-refractivity contribution in [2.24, 2.45) is 0 Å². The molecule has 1 aromatic heterocycles. The molecular formula is C15H12ClNO4. The zero-order valence-corrected chi connectivity index (χ0v) is 11.8. The van der Waals surface area contributed by atoms with Crippen LogP contribution in [0.1, 0.15) is 21.5 Å². The summed E-state index contributed by atoms with van der Waals surface area (Å²) in [5.41, 5.74) is 2.40. The van der Waals surface area contributed by atoms with Gasteiger partial charge in [0.15, 0.2) is 0 Å². The van der Waals surface area contributed by atoms with Gasteiger partial charge in [-0.2, -0.15) is 0 Å². The van der Waals surface area contributed by atoms with Gasteiger partial charge in [0.1, 0.15) is 0 Å². The highest BCUT2D eigenvalue weighted by Crippen LogP contribution is 2.21. The van der Waals surface area contributed by atoms with Gasteiger partial charge in [-0.15, -0.1) is 0 Å². The number of carboxylic acids is 1. The van der Waals surface area contributed by atoms with E-state index in [0.717, 1.165) is 17.2 Å². The Morgan fingerprint density at radius 3 is 2.67 bits per heavy atom. The Labute approximate surface area is 125 Å². The fourth-order valence-electron chi connectivity index (χ4n) is 1.74. The highest BCUT2D eigenvalue weighted by Gasteiger charge is 2.13. The molecule has 0 saturated carbocycles. The molecule has 0 radical (unpaired) electrons. The zero-order valence-electron chi connectivity index (χ0n) is 11.1. The Morgan fingerprint density at radius 1 is 1.33 bits per heavy atom. The van der Waals surface area contributed by atoms with E-state index >= 15 is 0 Å². The van der Waals surface area contributed by atoms with Crippen LogP contribution >= 0.6 is 11.6 Å². The minimum Gasteiger partial charge on any atom is -0.478 e. The number of halogens is 1. The molecule has 0 fully saturated rings. The van der Waals surface area contributed by atoms with Crippen molar-refractivity contribution in [3.8, 4) is 0 Å². The molecule has 0 aliphatic heterocycles. The third kappa shape index (κ3) is 3.73. The lowest BCUT2D eigenvalue weighted by molar-refractivity contribution is -0.131. The van der Waals surface area contributed by atoms with E-state index in [9.17, 15) is 9.59 Å². The molecule has 2 aromatic rings. The standard InChI is InChI=1S/C15H12ClNO4/c1-9-8-10(3-5-13(18)19)2-4-12(9)17-15(20)11-6-7-21-14(11)16/h2-8H,1H3,(H,17,20)(H,18,19)/b5-3+. The molecule has 0 aliphatic carbocycles. The summed E-state index contributed by atoms with van der Waals surface area (Å²) in [7, 11) is 0. The largest absolute Gasteiger partial charge is 0.478 e. The average Bonchev–Trinajstić information content (AvgIpc) is 2.85. The first-order chi connectivity index (χ1) is 9.97. The first-order valence-electron chi connectivity index (χ1n) is 6.03. The second-order valence-corrected chi connectivity index (χ2v) is 4.65. The molecule has 0 atom stereocenters. The summed E-state index contributed by atoms with van der Waals surface area (Å²) in [4.78, 5) is 22.5. The fourth-order valence-corrected chi connectivity index (χ4v) is 1.94. The molecule has 5 nitrogen and oxygen atoms in total. The van der Waals surface area contributed by atoms with Gasteiger partial charge in [-0.3, -0.25) is 4.79 Å². The van der Waals surface area contributed by atoms with Gasteiger partial charge in [0, 0.05) is 11.8 Å². The minimum atomic E-state index is -1.01. The van der Waals surface area contributed by atoms with E-state index in [-0.39, 0.29) is 16.7 Å². The molecule has 0 unspecified atom stereocenters. The highest BCUT2D eigenvalue weighted by atomic mass is 35.5. The van der Waals surface area contributed by atoms with Crippen LogP contribution < -0.4 is 5.32 Å². The predicted octanol–water partition coefficient (Wildman–Crippen LogP) is 3.59. The van der Waals surface area contributed by atoms with Gasteiger partial charge in [-0.25, -0.2) is 4.79 Å². The second kappa shape index (κ2) is 6.28. The first kappa shape index (κ1) is 14.9. The number of carbonyl (C=O) groups excluding carboxylic acids is 1. The van der Waals surface area contributed by atoms with Crippen molar-refractivity contribution in [1.29, 1.82) is 0 Å². The molecule has 1 aromatic carbocycles. The topological polar surface area (TPSA) is 79.5 Å². The number of benzene rings is 1. The lowest BCUT2D eigenvalue weighted by Gasteiger charge is -2.08. The van der Waals surface area contributed by atoms with Gasteiger partial charge in [0.2, 0.25) is 5.22 Å². The van der Waals surface area contributed by atoms with Gasteiger partial charge < -0.3 is 14.8 Å². The molecule has 0 saturated heterocycles. The molecule has 0 spiro atoms. The number of carbonyl (C=O) groups is 2. The molecule has 2 N–H and O–H groups in total. The number of carboxylic acid groups (broad SMARTS) is 1. The van der Waals surface area contributed by atoms with Crippen LogP contribution in [0.2, 0.25) is 5.22 Å². The van der Waals surface area contributed by atoms with Crippen LogP contribution in [-0.2, 0) is 4.79 Å². The number of nitrogens with one attached hydrogen (secondary N) is 1. The maximum Gasteiger partial charge on any atom is 0.328 e. The Bertz CT molecular complexity index is 718. The second-order valence-electron chi connectivity index (χ2n) is 4.31. The number of hydrogen-bond acceptors (Lipinski definition) is 3. The molecule has 108 valence electrons. The van der Waals surface area contributed by atoms with Gasteiger partial charge in [0.25, 0.3) is 5.91 Å².